The second-order valence-electron chi connectivity index (χ2n) is 2.41. The molecular formula is C7H7ClN2O3. The molecular weight excluding hydrogens is 196 g/mol. The molecule has 0 aliphatic heterocycles. The minimum absolute atomic E-state index is 0.351. The Labute approximate surface area is 80.4 Å². The molecule has 0 spiro atoms. The Morgan fingerprint density at radius 1 is 1.85 bits per heavy atom. The van der Waals surface area contributed by atoms with Crippen LogP contribution in [0.4, 0.5) is 0 Å². The lowest BCUT2D eigenvalue weighted by molar-refractivity contribution is -0.419. The number of primary amides is 1. The van der Waals surface area contributed by atoms with Gasteiger partial charge in [-0.05, 0) is 0 Å². The summed E-state index contributed by atoms with van der Waals surface area (Å²) in [5.41, 5.74) is 4.59. The predicted molar refractivity (Wildman–Crippen MR) is 46.5 cm³/mol. The van der Waals surface area contributed by atoms with Gasteiger partial charge < -0.3 is 5.73 Å². The summed E-state index contributed by atoms with van der Waals surface area (Å²) in [5.74, 6) is -2.96. The van der Waals surface area contributed by atoms with E-state index in [1.54, 1.807) is 0 Å². The second kappa shape index (κ2) is 3.57. The van der Waals surface area contributed by atoms with Crippen molar-refractivity contribution in [3.8, 4) is 0 Å². The van der Waals surface area contributed by atoms with Crippen molar-refractivity contribution in [3.63, 3.8) is 0 Å². The minimum Gasteiger partial charge on any atom is -0.369 e. The van der Waals surface area contributed by atoms with E-state index in [0.717, 1.165) is 12.2 Å². The minimum atomic E-state index is -1.95. The number of nitrogens with zero attached hydrogens (tertiary/aromatic N) is 1. The number of halogens is 1. The van der Waals surface area contributed by atoms with Crippen LogP contribution in [0.3, 0.4) is 0 Å². The molecule has 13 heavy (non-hydrogen) atoms. The maximum atomic E-state index is 10.9. The number of allylic oxidation sites excluding steroid dienone is 2. The maximum absolute atomic E-state index is 10.9. The molecule has 2 N–H and O–H groups in total. The van der Waals surface area contributed by atoms with E-state index in [0.29, 0.717) is 0 Å². The van der Waals surface area contributed by atoms with Gasteiger partial charge in [-0.3, -0.25) is 14.9 Å². The van der Waals surface area contributed by atoms with Gasteiger partial charge in [-0.25, -0.2) is 0 Å². The number of nitrogens with two attached hydrogens (primary N) is 1. The molecule has 0 aromatic rings. The highest BCUT2D eigenvalue weighted by atomic mass is 35.5. The molecule has 5 nitrogen and oxygen atoms in total. The molecule has 0 aromatic heterocycles. The van der Waals surface area contributed by atoms with Crippen molar-refractivity contribution < 1.29 is 11.1 Å². The van der Waals surface area contributed by atoms with Gasteiger partial charge in [0.2, 0.25) is 5.91 Å². The van der Waals surface area contributed by atoms with Gasteiger partial charge >= 0.3 is 0 Å². The maximum Gasteiger partial charge on any atom is 0.266 e. The molecule has 1 amide bonds. The van der Waals surface area contributed by atoms with Gasteiger partial charge in [-0.2, -0.15) is 0 Å². The first-order chi connectivity index (χ1) is 6.38. The molecule has 1 rings (SSSR count). The van der Waals surface area contributed by atoms with Crippen molar-refractivity contribution in [1.82, 2.24) is 0 Å². The molecule has 70 valence electrons. The number of amides is 1. The van der Waals surface area contributed by atoms with Crippen LogP contribution < -0.4 is 5.73 Å². The number of carbonyl (C=O) groups excluding carboxylic acids is 1. The largest absolute Gasteiger partial charge is 0.369 e. The van der Waals surface area contributed by atoms with Crippen LogP contribution in [0.1, 0.15) is 1.37 Å². The standard InChI is InChI=1S/C7H7ClN2O3/c8-6-2-1-4(10(12)13)3-5(6)7(9)11/h1-3,5-6H,(H2,9,11)/i5D. The van der Waals surface area contributed by atoms with Crippen LogP contribution in [-0.4, -0.2) is 16.2 Å². The summed E-state index contributed by atoms with van der Waals surface area (Å²) < 4.78 is 7.57. The first-order valence-corrected chi connectivity index (χ1v) is 3.81. The molecule has 0 saturated carbocycles. The molecule has 0 fully saturated rings. The number of hydrogen-bond donors (Lipinski definition) is 1. The normalized spacial score (nSPS) is 33.5. The molecule has 0 aromatic carbocycles. The molecule has 0 radical (unpaired) electrons. The van der Waals surface area contributed by atoms with Gasteiger partial charge in [0.15, 0.2) is 0 Å². The third-order valence-corrected chi connectivity index (χ3v) is 1.91. The van der Waals surface area contributed by atoms with Crippen LogP contribution in [0.2, 0.25) is 0 Å². The Morgan fingerprint density at radius 3 is 2.92 bits per heavy atom. The van der Waals surface area contributed by atoms with Gasteiger partial charge in [0.25, 0.3) is 5.70 Å². The van der Waals surface area contributed by atoms with Crippen LogP contribution in [0.5, 0.6) is 0 Å². The average Bonchev–Trinajstić information content (AvgIpc) is 2.09. The van der Waals surface area contributed by atoms with E-state index in [1.165, 1.54) is 6.08 Å². The summed E-state index contributed by atoms with van der Waals surface area (Å²) >= 11 is 5.65. The quantitative estimate of drug-likeness (QED) is 0.401. The fourth-order valence-corrected chi connectivity index (χ4v) is 1.14. The monoisotopic (exact) mass is 203 g/mol. The van der Waals surface area contributed by atoms with E-state index in [1.807, 2.05) is 0 Å². The number of carbonyl (C=O) groups is 1. The average molecular weight is 204 g/mol. The molecule has 2 unspecified atom stereocenters. The Bertz CT molecular complexity index is 355. The van der Waals surface area contributed by atoms with Crippen LogP contribution in [0.15, 0.2) is 23.9 Å². The first kappa shape index (κ1) is 8.25. The van der Waals surface area contributed by atoms with E-state index in [9.17, 15) is 14.9 Å². The predicted octanol–water partition coefficient (Wildman–Crippen LogP) is 0.426. The van der Waals surface area contributed by atoms with Crippen molar-refractivity contribution in [1.29, 1.82) is 0 Å². The Morgan fingerprint density at radius 2 is 2.46 bits per heavy atom. The highest BCUT2D eigenvalue weighted by Gasteiger charge is 2.27. The van der Waals surface area contributed by atoms with Crippen molar-refractivity contribution in [2.24, 2.45) is 11.6 Å². The summed E-state index contributed by atoms with van der Waals surface area (Å²) in [7, 11) is 0. The lowest BCUT2D eigenvalue weighted by Crippen LogP contribution is -2.30. The summed E-state index contributed by atoms with van der Waals surface area (Å²) in [5, 5.41) is 9.40. The van der Waals surface area contributed by atoms with Crippen molar-refractivity contribution in [2.75, 3.05) is 0 Å². The molecule has 0 bridgehead atoms. The molecule has 0 saturated heterocycles. The van der Waals surface area contributed by atoms with Crippen LogP contribution in [0, 0.1) is 16.0 Å². The Kier molecular flexibility index (Phi) is 2.27. The number of nitro groups is 1. The first-order valence-electron chi connectivity index (χ1n) is 3.87. The highest BCUT2D eigenvalue weighted by molar-refractivity contribution is 6.23. The van der Waals surface area contributed by atoms with E-state index < -0.39 is 22.1 Å². The lowest BCUT2D eigenvalue weighted by Gasteiger charge is -2.14. The van der Waals surface area contributed by atoms with Gasteiger partial charge in [-0.15, -0.1) is 11.6 Å². The second-order valence-corrected chi connectivity index (χ2v) is 2.88. The van der Waals surface area contributed by atoms with Crippen molar-refractivity contribution in [2.45, 2.75) is 5.38 Å². The zero-order valence-corrected chi connectivity index (χ0v) is 7.19. The van der Waals surface area contributed by atoms with Crippen LogP contribution >= 0.6 is 11.6 Å². The van der Waals surface area contributed by atoms with Crippen molar-refractivity contribution in [3.05, 3.63) is 34.0 Å². The van der Waals surface area contributed by atoms with E-state index in [-0.39, 0.29) is 5.70 Å². The molecule has 1 aliphatic rings. The summed E-state index contributed by atoms with van der Waals surface area (Å²) in [6.45, 7) is 0. The van der Waals surface area contributed by atoms with E-state index in [4.69, 9.17) is 18.7 Å². The molecule has 0 heterocycles. The van der Waals surface area contributed by atoms with Crippen LogP contribution in [-0.2, 0) is 4.79 Å². The number of hydrogen-bond acceptors (Lipinski definition) is 3. The van der Waals surface area contributed by atoms with E-state index in [2.05, 4.69) is 0 Å². The number of rotatable bonds is 2. The fourth-order valence-electron chi connectivity index (χ4n) is 0.894. The topological polar surface area (TPSA) is 86.2 Å². The summed E-state index contributed by atoms with van der Waals surface area (Å²) in [6.07, 6.45) is 3.21. The smallest absolute Gasteiger partial charge is 0.266 e. The molecule has 2 atom stereocenters. The van der Waals surface area contributed by atoms with Crippen molar-refractivity contribution >= 4 is 17.5 Å². The number of alkyl halides is 1. The molecule has 1 aliphatic carbocycles. The van der Waals surface area contributed by atoms with Gasteiger partial charge in [0.05, 0.1) is 16.2 Å². The fraction of sp³-hybridized carbons (Fsp3) is 0.286. The van der Waals surface area contributed by atoms with Gasteiger partial charge in [0, 0.05) is 13.5 Å². The van der Waals surface area contributed by atoms with Gasteiger partial charge in [0.1, 0.15) is 0 Å². The third kappa shape index (κ3) is 2.06. The summed E-state index contributed by atoms with van der Waals surface area (Å²) in [6, 6.07) is 0. The zero-order chi connectivity index (χ0) is 10.9. The zero-order valence-electron chi connectivity index (χ0n) is 7.44. The highest BCUT2D eigenvalue weighted by Crippen LogP contribution is 2.21. The Hall–Kier alpha value is -1.36. The van der Waals surface area contributed by atoms with E-state index >= 15 is 0 Å². The van der Waals surface area contributed by atoms with Crippen LogP contribution in [0.25, 0.3) is 0 Å². The molecule has 6 heteroatoms. The Balaban J connectivity index is 3.14. The van der Waals surface area contributed by atoms with Gasteiger partial charge in [-0.1, -0.05) is 6.08 Å². The third-order valence-electron chi connectivity index (χ3n) is 1.53. The lowest BCUT2D eigenvalue weighted by atomic mass is 9.98. The summed E-state index contributed by atoms with van der Waals surface area (Å²) in [4.78, 5) is 20.6. The SMILES string of the molecule is [2H]C1(C(N)=O)C=C([N+](=O)[O-])C=CC1Cl.